The Morgan fingerprint density at radius 2 is 2.33 bits per heavy atom. The third-order valence-electron chi connectivity index (χ3n) is 1.59. The van der Waals surface area contributed by atoms with Gasteiger partial charge in [0.25, 0.3) is 0 Å². The second-order valence-corrected chi connectivity index (χ2v) is 2.60. The van der Waals surface area contributed by atoms with Crippen molar-refractivity contribution in [2.75, 3.05) is 0 Å². The van der Waals surface area contributed by atoms with Crippen LogP contribution in [0.4, 0.5) is 0 Å². The SMILES string of the molecule is O=C(O)C1=NC(C2CC2)=NOO1. The van der Waals surface area contributed by atoms with Crippen molar-refractivity contribution in [2.24, 2.45) is 16.1 Å². The monoisotopic (exact) mass is 170 g/mol. The van der Waals surface area contributed by atoms with Crippen molar-refractivity contribution in [3.05, 3.63) is 0 Å². The molecule has 0 unspecified atom stereocenters. The molecule has 0 aromatic heterocycles. The number of amidine groups is 1. The molecule has 1 saturated carbocycles. The summed E-state index contributed by atoms with van der Waals surface area (Å²) >= 11 is 0. The van der Waals surface area contributed by atoms with Gasteiger partial charge in [-0.25, -0.2) is 9.68 Å². The standard InChI is InChI=1S/C6H6N2O4/c9-6(10)5-7-4(3-1-2-3)8-12-11-5/h3H,1-2H2,(H,9,10). The van der Waals surface area contributed by atoms with Crippen molar-refractivity contribution in [1.82, 2.24) is 0 Å². The largest absolute Gasteiger partial charge is 0.474 e. The van der Waals surface area contributed by atoms with E-state index in [2.05, 4.69) is 20.0 Å². The van der Waals surface area contributed by atoms with Crippen LogP contribution in [0.3, 0.4) is 0 Å². The predicted octanol–water partition coefficient (Wildman–Crippen LogP) is 0.155. The number of rotatable bonds is 2. The second-order valence-electron chi connectivity index (χ2n) is 2.60. The third-order valence-corrected chi connectivity index (χ3v) is 1.59. The summed E-state index contributed by atoms with van der Waals surface area (Å²) in [7, 11) is 0. The number of carboxylic acids is 1. The molecular weight excluding hydrogens is 164 g/mol. The van der Waals surface area contributed by atoms with Gasteiger partial charge in [0.05, 0.1) is 0 Å². The highest BCUT2D eigenvalue weighted by Crippen LogP contribution is 2.31. The molecule has 2 rings (SSSR count). The molecule has 64 valence electrons. The Morgan fingerprint density at radius 1 is 1.58 bits per heavy atom. The zero-order valence-electron chi connectivity index (χ0n) is 6.06. The Hall–Kier alpha value is -1.59. The first-order valence-corrected chi connectivity index (χ1v) is 3.51. The fourth-order valence-corrected chi connectivity index (χ4v) is 0.826. The number of aliphatic imine (C=N–C) groups is 1. The minimum atomic E-state index is -1.25. The molecule has 0 aromatic rings. The molecule has 0 radical (unpaired) electrons. The number of oxime groups is 1. The molecule has 6 nitrogen and oxygen atoms in total. The maximum Gasteiger partial charge on any atom is 0.396 e. The molecule has 1 fully saturated rings. The molecule has 2 aliphatic rings. The lowest BCUT2D eigenvalue weighted by Gasteiger charge is -2.05. The summed E-state index contributed by atoms with van der Waals surface area (Å²) in [4.78, 5) is 22.5. The van der Waals surface area contributed by atoms with Crippen LogP contribution in [0.25, 0.3) is 0 Å². The normalized spacial score (nSPS) is 21.7. The van der Waals surface area contributed by atoms with Crippen LogP contribution in [0.5, 0.6) is 0 Å². The molecule has 0 aromatic carbocycles. The van der Waals surface area contributed by atoms with Gasteiger partial charge in [-0.2, -0.15) is 9.98 Å². The van der Waals surface area contributed by atoms with Gasteiger partial charge in [0.2, 0.25) is 0 Å². The average Bonchev–Trinajstić information content (AvgIpc) is 2.87. The minimum Gasteiger partial charge on any atom is -0.474 e. The van der Waals surface area contributed by atoms with Crippen LogP contribution < -0.4 is 0 Å². The van der Waals surface area contributed by atoms with Gasteiger partial charge >= 0.3 is 11.9 Å². The smallest absolute Gasteiger partial charge is 0.396 e. The van der Waals surface area contributed by atoms with E-state index in [4.69, 9.17) is 5.11 Å². The van der Waals surface area contributed by atoms with Gasteiger partial charge < -0.3 is 5.11 Å². The van der Waals surface area contributed by atoms with Crippen molar-refractivity contribution >= 4 is 17.7 Å². The molecule has 0 spiro atoms. The lowest BCUT2D eigenvalue weighted by molar-refractivity contribution is -0.228. The van der Waals surface area contributed by atoms with Gasteiger partial charge in [-0.3, -0.25) is 0 Å². The van der Waals surface area contributed by atoms with Gasteiger partial charge in [-0.15, -0.1) is 0 Å². The van der Waals surface area contributed by atoms with Crippen LogP contribution in [0.2, 0.25) is 0 Å². The molecule has 1 aliphatic carbocycles. The summed E-state index contributed by atoms with van der Waals surface area (Å²) in [6.45, 7) is 0. The molecule has 0 amide bonds. The zero-order valence-corrected chi connectivity index (χ0v) is 6.06. The summed E-state index contributed by atoms with van der Waals surface area (Å²) in [5.41, 5.74) is 0. The Balaban J connectivity index is 2.15. The molecule has 6 heteroatoms. The van der Waals surface area contributed by atoms with Crippen LogP contribution in [0.1, 0.15) is 12.8 Å². The molecule has 0 bridgehead atoms. The van der Waals surface area contributed by atoms with E-state index < -0.39 is 11.9 Å². The number of carbonyl (C=O) groups is 1. The Morgan fingerprint density at radius 3 is 2.92 bits per heavy atom. The first-order valence-electron chi connectivity index (χ1n) is 3.51. The van der Waals surface area contributed by atoms with Crippen LogP contribution in [0.15, 0.2) is 10.1 Å². The topological polar surface area (TPSA) is 80.5 Å². The first kappa shape index (κ1) is 7.08. The Labute approximate surface area is 67.4 Å². The van der Waals surface area contributed by atoms with Crippen molar-refractivity contribution in [3.8, 4) is 0 Å². The molecule has 0 atom stereocenters. The van der Waals surface area contributed by atoms with E-state index in [1.165, 1.54) is 0 Å². The highest BCUT2D eigenvalue weighted by Gasteiger charge is 2.32. The minimum absolute atomic E-state index is 0.253. The maximum absolute atomic E-state index is 10.4. The summed E-state index contributed by atoms with van der Waals surface area (Å²) in [5.74, 6) is -1.03. The van der Waals surface area contributed by atoms with Crippen LogP contribution >= 0.6 is 0 Å². The van der Waals surface area contributed by atoms with E-state index >= 15 is 0 Å². The van der Waals surface area contributed by atoms with E-state index in [0.29, 0.717) is 5.84 Å². The number of carboxylic acid groups (broad SMARTS) is 1. The molecule has 0 saturated heterocycles. The fourth-order valence-electron chi connectivity index (χ4n) is 0.826. The summed E-state index contributed by atoms with van der Waals surface area (Å²) in [5, 5.41) is 11.9. The molecular formula is C6H6N2O4. The van der Waals surface area contributed by atoms with Gasteiger partial charge in [0.15, 0.2) is 5.84 Å². The lowest BCUT2D eigenvalue weighted by Crippen LogP contribution is -2.22. The highest BCUT2D eigenvalue weighted by molar-refractivity contribution is 6.33. The zero-order chi connectivity index (χ0) is 8.55. The summed E-state index contributed by atoms with van der Waals surface area (Å²) in [6, 6.07) is 0. The van der Waals surface area contributed by atoms with E-state index in [1.54, 1.807) is 0 Å². The van der Waals surface area contributed by atoms with E-state index in [9.17, 15) is 4.79 Å². The van der Waals surface area contributed by atoms with Crippen molar-refractivity contribution in [2.45, 2.75) is 12.8 Å². The van der Waals surface area contributed by atoms with Gasteiger partial charge in [0, 0.05) is 5.92 Å². The molecule has 1 N–H and O–H groups in total. The van der Waals surface area contributed by atoms with Crippen LogP contribution in [0, 0.1) is 5.92 Å². The van der Waals surface area contributed by atoms with Crippen molar-refractivity contribution in [3.63, 3.8) is 0 Å². The van der Waals surface area contributed by atoms with E-state index in [0.717, 1.165) is 12.8 Å². The lowest BCUT2D eigenvalue weighted by atomic mass is 10.4. The number of hydrogen-bond acceptors (Lipinski definition) is 5. The second kappa shape index (κ2) is 2.47. The average molecular weight is 170 g/mol. The summed E-state index contributed by atoms with van der Waals surface area (Å²) < 4.78 is 0. The number of hydrogen-bond donors (Lipinski definition) is 1. The van der Waals surface area contributed by atoms with Gasteiger partial charge in [-0.1, -0.05) is 0 Å². The Kier molecular flexibility index (Phi) is 1.46. The van der Waals surface area contributed by atoms with Crippen LogP contribution in [-0.2, 0) is 14.7 Å². The third kappa shape index (κ3) is 1.23. The van der Waals surface area contributed by atoms with Gasteiger partial charge in [-0.05, 0) is 18.0 Å². The number of nitrogens with zero attached hydrogens (tertiary/aromatic N) is 2. The van der Waals surface area contributed by atoms with Crippen molar-refractivity contribution < 1.29 is 19.8 Å². The predicted molar refractivity (Wildman–Crippen MR) is 37.4 cm³/mol. The maximum atomic E-state index is 10.4. The van der Waals surface area contributed by atoms with E-state index in [1.807, 2.05) is 0 Å². The molecule has 1 aliphatic heterocycles. The van der Waals surface area contributed by atoms with E-state index in [-0.39, 0.29) is 5.92 Å². The first-order chi connectivity index (χ1) is 5.77. The Bertz CT molecular complexity index is 279. The molecule has 12 heavy (non-hydrogen) atoms. The van der Waals surface area contributed by atoms with Crippen LogP contribution in [-0.4, -0.2) is 22.8 Å². The van der Waals surface area contributed by atoms with Gasteiger partial charge in [0.1, 0.15) is 0 Å². The van der Waals surface area contributed by atoms with Crippen molar-refractivity contribution in [1.29, 1.82) is 0 Å². The quantitative estimate of drug-likeness (QED) is 0.598. The fraction of sp³-hybridized carbons (Fsp3) is 0.500. The highest BCUT2D eigenvalue weighted by atomic mass is 17.3. The number of aliphatic carboxylic acids is 1. The molecule has 1 heterocycles. The summed E-state index contributed by atoms with van der Waals surface area (Å²) in [6.07, 6.45) is 1.97.